The van der Waals surface area contributed by atoms with E-state index in [2.05, 4.69) is 45.1 Å². The monoisotopic (exact) mass is 929 g/mol. The maximum Gasteiger partial charge on any atom is 0.306 e. The zero-order valence-electron chi connectivity index (χ0n) is 44.5. The molecule has 0 aromatic rings. The summed E-state index contributed by atoms with van der Waals surface area (Å²) in [6, 6.07) is 0. The van der Waals surface area contributed by atoms with Crippen LogP contribution < -0.4 is 0 Å². The van der Waals surface area contributed by atoms with E-state index >= 15 is 0 Å². The van der Waals surface area contributed by atoms with Crippen molar-refractivity contribution in [3.63, 3.8) is 0 Å². The Hall–Kier alpha value is -2.11. The van der Waals surface area contributed by atoms with Crippen LogP contribution in [0, 0.1) is 0 Å². The molecule has 0 heterocycles. The first kappa shape index (κ1) is 63.9. The highest BCUT2D eigenvalue weighted by molar-refractivity contribution is 5.71. The summed E-state index contributed by atoms with van der Waals surface area (Å²) in [7, 11) is 0. The Labute approximate surface area is 411 Å². The molecule has 6 heteroatoms. The second kappa shape index (κ2) is 55.5. The smallest absolute Gasteiger partial charge is 0.306 e. The van der Waals surface area contributed by atoms with E-state index in [1.165, 1.54) is 212 Å². The molecule has 0 spiro atoms. The predicted molar refractivity (Wildman–Crippen MR) is 284 cm³/mol. The van der Waals surface area contributed by atoms with E-state index in [-0.39, 0.29) is 31.1 Å². The van der Waals surface area contributed by atoms with E-state index in [9.17, 15) is 14.4 Å². The summed E-state index contributed by atoms with van der Waals surface area (Å²) in [5, 5.41) is 0. The summed E-state index contributed by atoms with van der Waals surface area (Å²) in [6.07, 6.45) is 64.7. The highest BCUT2D eigenvalue weighted by atomic mass is 16.6. The van der Waals surface area contributed by atoms with Crippen LogP contribution in [0.4, 0.5) is 0 Å². The molecule has 0 saturated heterocycles. The van der Waals surface area contributed by atoms with Crippen LogP contribution in [0.25, 0.3) is 0 Å². The molecular weight excluding hydrogens is 817 g/mol. The maximum absolute atomic E-state index is 12.8. The fraction of sp³-hybridized carbons (Fsp3) is 0.883. The number of hydrogen-bond acceptors (Lipinski definition) is 6. The van der Waals surface area contributed by atoms with Crippen molar-refractivity contribution in [3.8, 4) is 0 Å². The van der Waals surface area contributed by atoms with Crippen LogP contribution >= 0.6 is 0 Å². The Morgan fingerprint density at radius 1 is 0.303 bits per heavy atom. The standard InChI is InChI=1S/C60H112O6/c1-4-7-10-13-16-19-21-23-25-27-29-30-31-32-34-35-37-39-41-44-47-50-53-59(62)65-56-57(55-64-58(61)52-49-46-43-18-15-12-9-6-3)66-60(63)54-51-48-45-42-40-38-36-33-28-26-24-22-20-17-14-11-8-5-2/h20,22,26,28,57H,4-19,21,23-25,27,29-56H2,1-3H3/b22-20-,28-26-. The van der Waals surface area contributed by atoms with Crippen LogP contribution in [0.3, 0.4) is 0 Å². The molecule has 0 aliphatic carbocycles. The van der Waals surface area contributed by atoms with Crippen molar-refractivity contribution in [2.75, 3.05) is 13.2 Å². The zero-order valence-corrected chi connectivity index (χ0v) is 44.5. The molecule has 0 saturated carbocycles. The minimum atomic E-state index is -0.769. The first-order chi connectivity index (χ1) is 32.5. The van der Waals surface area contributed by atoms with Gasteiger partial charge in [0.15, 0.2) is 6.10 Å². The summed E-state index contributed by atoms with van der Waals surface area (Å²) in [5.41, 5.74) is 0. The largest absolute Gasteiger partial charge is 0.462 e. The van der Waals surface area contributed by atoms with Gasteiger partial charge < -0.3 is 14.2 Å². The summed E-state index contributed by atoms with van der Waals surface area (Å²) in [6.45, 7) is 6.64. The molecule has 1 unspecified atom stereocenters. The second-order valence-corrected chi connectivity index (χ2v) is 19.9. The van der Waals surface area contributed by atoms with Gasteiger partial charge in [-0.3, -0.25) is 14.4 Å². The lowest BCUT2D eigenvalue weighted by molar-refractivity contribution is -0.167. The van der Waals surface area contributed by atoms with Crippen LogP contribution in [0.1, 0.15) is 323 Å². The number of carbonyl (C=O) groups excluding carboxylic acids is 3. The van der Waals surface area contributed by atoms with Crippen molar-refractivity contribution < 1.29 is 28.6 Å². The number of rotatable bonds is 54. The van der Waals surface area contributed by atoms with Crippen molar-refractivity contribution in [2.24, 2.45) is 0 Å². The summed E-state index contributed by atoms with van der Waals surface area (Å²) < 4.78 is 16.8. The second-order valence-electron chi connectivity index (χ2n) is 19.9. The van der Waals surface area contributed by atoms with Crippen molar-refractivity contribution in [1.29, 1.82) is 0 Å². The van der Waals surface area contributed by atoms with Gasteiger partial charge >= 0.3 is 17.9 Å². The number of esters is 3. The fourth-order valence-corrected chi connectivity index (χ4v) is 8.77. The molecule has 0 aromatic carbocycles. The van der Waals surface area contributed by atoms with Crippen LogP contribution in [-0.4, -0.2) is 37.2 Å². The van der Waals surface area contributed by atoms with Gasteiger partial charge in [-0.05, 0) is 51.4 Å². The fourth-order valence-electron chi connectivity index (χ4n) is 8.77. The topological polar surface area (TPSA) is 78.9 Å². The van der Waals surface area contributed by atoms with Crippen LogP contribution in [0.15, 0.2) is 24.3 Å². The molecule has 0 radical (unpaired) electrons. The van der Waals surface area contributed by atoms with Gasteiger partial charge in [-0.1, -0.05) is 276 Å². The quantitative estimate of drug-likeness (QED) is 0.0262. The SMILES string of the molecule is CCCCCC/C=C\C/C=C\CCCCCCCCCC(=O)OC(COC(=O)CCCCCCCCCC)COC(=O)CCCCCCCCCCCCCCCCCCCCCCCC. The normalized spacial score (nSPS) is 12.1. The van der Waals surface area contributed by atoms with Crippen LogP contribution in [0.2, 0.25) is 0 Å². The molecule has 66 heavy (non-hydrogen) atoms. The summed E-state index contributed by atoms with van der Waals surface area (Å²) in [4.78, 5) is 38.0. The third kappa shape index (κ3) is 52.9. The van der Waals surface area contributed by atoms with Gasteiger partial charge in [0.05, 0.1) is 0 Å². The number of carbonyl (C=O) groups is 3. The van der Waals surface area contributed by atoms with Gasteiger partial charge in [0.2, 0.25) is 0 Å². The molecule has 0 N–H and O–H groups in total. The van der Waals surface area contributed by atoms with E-state index in [1.54, 1.807) is 0 Å². The summed E-state index contributed by atoms with van der Waals surface area (Å²) >= 11 is 0. The van der Waals surface area contributed by atoms with Gasteiger partial charge in [0.25, 0.3) is 0 Å². The third-order valence-electron chi connectivity index (χ3n) is 13.2. The Balaban J connectivity index is 4.17. The molecule has 0 amide bonds. The Kier molecular flexibility index (Phi) is 53.7. The number of ether oxygens (including phenoxy) is 3. The zero-order chi connectivity index (χ0) is 47.9. The number of hydrogen-bond donors (Lipinski definition) is 0. The van der Waals surface area contributed by atoms with E-state index in [0.29, 0.717) is 19.3 Å². The Morgan fingerprint density at radius 3 is 0.848 bits per heavy atom. The van der Waals surface area contributed by atoms with E-state index in [1.807, 2.05) is 0 Å². The molecule has 0 aliphatic rings. The van der Waals surface area contributed by atoms with E-state index in [4.69, 9.17) is 14.2 Å². The molecular formula is C60H112O6. The molecule has 0 bridgehead atoms. The molecule has 6 nitrogen and oxygen atoms in total. The van der Waals surface area contributed by atoms with Crippen molar-refractivity contribution in [1.82, 2.24) is 0 Å². The lowest BCUT2D eigenvalue weighted by Crippen LogP contribution is -2.30. The maximum atomic E-state index is 12.8. The van der Waals surface area contributed by atoms with Crippen molar-refractivity contribution in [2.45, 2.75) is 329 Å². The lowest BCUT2D eigenvalue weighted by atomic mass is 10.0. The molecule has 388 valence electrons. The first-order valence-corrected chi connectivity index (χ1v) is 29.3. The van der Waals surface area contributed by atoms with Crippen LogP contribution in [0.5, 0.6) is 0 Å². The average molecular weight is 930 g/mol. The minimum Gasteiger partial charge on any atom is -0.462 e. The Bertz CT molecular complexity index is 1070. The van der Waals surface area contributed by atoms with Gasteiger partial charge in [-0.2, -0.15) is 0 Å². The summed E-state index contributed by atoms with van der Waals surface area (Å²) in [5.74, 6) is -0.862. The van der Waals surface area contributed by atoms with Gasteiger partial charge in [-0.15, -0.1) is 0 Å². The van der Waals surface area contributed by atoms with Crippen molar-refractivity contribution >= 4 is 17.9 Å². The molecule has 0 aliphatic heterocycles. The van der Waals surface area contributed by atoms with E-state index < -0.39 is 6.10 Å². The van der Waals surface area contributed by atoms with Gasteiger partial charge in [0.1, 0.15) is 13.2 Å². The van der Waals surface area contributed by atoms with E-state index in [0.717, 1.165) is 70.6 Å². The molecule has 0 fully saturated rings. The van der Waals surface area contributed by atoms with Crippen LogP contribution in [-0.2, 0) is 28.6 Å². The number of unbranched alkanes of at least 4 members (excludes halogenated alkanes) is 39. The molecule has 1 atom stereocenters. The highest BCUT2D eigenvalue weighted by Crippen LogP contribution is 2.17. The number of allylic oxidation sites excluding steroid dienone is 4. The van der Waals surface area contributed by atoms with Gasteiger partial charge in [-0.25, -0.2) is 0 Å². The Morgan fingerprint density at radius 2 is 0.545 bits per heavy atom. The minimum absolute atomic E-state index is 0.0695. The average Bonchev–Trinajstić information content (AvgIpc) is 3.31. The lowest BCUT2D eigenvalue weighted by Gasteiger charge is -2.18. The first-order valence-electron chi connectivity index (χ1n) is 29.3. The highest BCUT2D eigenvalue weighted by Gasteiger charge is 2.19. The van der Waals surface area contributed by atoms with Crippen molar-refractivity contribution in [3.05, 3.63) is 24.3 Å². The predicted octanol–water partition coefficient (Wildman–Crippen LogP) is 19.5. The third-order valence-corrected chi connectivity index (χ3v) is 13.2. The molecule has 0 rings (SSSR count). The van der Waals surface area contributed by atoms with Gasteiger partial charge in [0, 0.05) is 19.3 Å². The molecule has 0 aromatic heterocycles.